The number of hydrogen-bond acceptors (Lipinski definition) is 4. The molecule has 2 rings (SSSR count). The lowest BCUT2D eigenvalue weighted by molar-refractivity contribution is -0.148. The molecule has 0 aromatic carbocycles. The van der Waals surface area contributed by atoms with Gasteiger partial charge in [-0.1, -0.05) is 19.8 Å². The van der Waals surface area contributed by atoms with Gasteiger partial charge in [-0.3, -0.25) is 10.1 Å². The van der Waals surface area contributed by atoms with Crippen LogP contribution in [0.4, 0.5) is 0 Å². The Balaban J connectivity index is 1.81. The van der Waals surface area contributed by atoms with Crippen molar-refractivity contribution >= 4 is 5.97 Å². The van der Waals surface area contributed by atoms with Gasteiger partial charge in [0.15, 0.2) is 0 Å². The fourth-order valence-corrected chi connectivity index (χ4v) is 3.64. The summed E-state index contributed by atoms with van der Waals surface area (Å²) in [7, 11) is 1.49. The van der Waals surface area contributed by atoms with Crippen LogP contribution in [0.1, 0.15) is 65.2 Å². The van der Waals surface area contributed by atoms with Crippen molar-refractivity contribution in [1.82, 2.24) is 10.2 Å². The van der Waals surface area contributed by atoms with E-state index in [0.717, 1.165) is 32.0 Å². The zero-order chi connectivity index (χ0) is 15.3. The summed E-state index contributed by atoms with van der Waals surface area (Å²) in [6, 6.07) is 1.29. The first-order valence-electron chi connectivity index (χ1n) is 8.69. The summed E-state index contributed by atoms with van der Waals surface area (Å²) in [6.45, 7) is 6.47. The van der Waals surface area contributed by atoms with E-state index in [2.05, 4.69) is 17.1 Å². The first-order valence-corrected chi connectivity index (χ1v) is 8.69. The molecule has 0 amide bonds. The van der Waals surface area contributed by atoms with Crippen LogP contribution in [0.25, 0.3) is 0 Å². The van der Waals surface area contributed by atoms with Crippen LogP contribution < -0.4 is 5.32 Å². The van der Waals surface area contributed by atoms with Crippen molar-refractivity contribution in [2.45, 2.75) is 82.8 Å². The summed E-state index contributed by atoms with van der Waals surface area (Å²) < 4.78 is 5.01. The Kier molecular flexibility index (Phi) is 6.06. The fourth-order valence-electron chi connectivity index (χ4n) is 3.64. The fraction of sp³-hybridized carbons (Fsp3) is 0.941. The van der Waals surface area contributed by atoms with Crippen molar-refractivity contribution in [2.75, 3.05) is 20.2 Å². The average Bonchev–Trinajstić information content (AvgIpc) is 3.12. The molecule has 0 radical (unpaired) electrons. The van der Waals surface area contributed by atoms with E-state index in [0.29, 0.717) is 6.04 Å². The highest BCUT2D eigenvalue weighted by Crippen LogP contribution is 2.27. The smallest absolute Gasteiger partial charge is 0.325 e. The topological polar surface area (TPSA) is 41.6 Å². The Morgan fingerprint density at radius 1 is 1.29 bits per heavy atom. The number of carbonyl (C=O) groups excluding carboxylic acids is 1. The highest BCUT2D eigenvalue weighted by molar-refractivity contribution is 5.80. The van der Waals surface area contributed by atoms with Crippen molar-refractivity contribution in [3.8, 4) is 0 Å². The van der Waals surface area contributed by atoms with Crippen LogP contribution in [0.15, 0.2) is 0 Å². The summed E-state index contributed by atoms with van der Waals surface area (Å²) >= 11 is 0. The van der Waals surface area contributed by atoms with Gasteiger partial charge in [-0.15, -0.1) is 0 Å². The van der Waals surface area contributed by atoms with Crippen molar-refractivity contribution in [1.29, 1.82) is 0 Å². The van der Waals surface area contributed by atoms with E-state index in [1.807, 2.05) is 6.92 Å². The molecule has 0 aromatic heterocycles. The molecule has 122 valence electrons. The molecule has 21 heavy (non-hydrogen) atoms. The van der Waals surface area contributed by atoms with E-state index in [9.17, 15) is 4.79 Å². The van der Waals surface area contributed by atoms with Crippen LogP contribution in [0.5, 0.6) is 0 Å². The second-order valence-electron chi connectivity index (χ2n) is 6.91. The van der Waals surface area contributed by atoms with E-state index in [4.69, 9.17) is 4.74 Å². The maximum atomic E-state index is 12.1. The van der Waals surface area contributed by atoms with Gasteiger partial charge in [-0.05, 0) is 58.5 Å². The van der Waals surface area contributed by atoms with Crippen LogP contribution in [-0.4, -0.2) is 48.7 Å². The highest BCUT2D eigenvalue weighted by atomic mass is 16.5. The molecule has 2 aliphatic carbocycles. The van der Waals surface area contributed by atoms with Gasteiger partial charge >= 0.3 is 5.97 Å². The Bertz CT molecular complexity index is 338. The van der Waals surface area contributed by atoms with E-state index in [1.54, 1.807) is 0 Å². The van der Waals surface area contributed by atoms with Crippen LogP contribution >= 0.6 is 0 Å². The molecule has 2 aliphatic rings. The maximum Gasteiger partial charge on any atom is 0.325 e. The average molecular weight is 296 g/mol. The second kappa shape index (κ2) is 7.59. The zero-order valence-corrected chi connectivity index (χ0v) is 14.0. The summed E-state index contributed by atoms with van der Waals surface area (Å²) in [6.07, 6.45) is 9.75. The Labute approximate surface area is 129 Å². The molecule has 1 atom stereocenters. The van der Waals surface area contributed by atoms with Crippen LogP contribution in [0.2, 0.25) is 0 Å². The largest absolute Gasteiger partial charge is 0.468 e. The molecule has 1 unspecified atom stereocenters. The minimum atomic E-state index is -0.509. The monoisotopic (exact) mass is 296 g/mol. The molecule has 0 bridgehead atoms. The molecule has 0 spiro atoms. The third-order valence-electron chi connectivity index (χ3n) is 5.11. The van der Waals surface area contributed by atoms with E-state index in [1.165, 1.54) is 45.6 Å². The molecule has 0 aromatic rings. The third kappa shape index (κ3) is 4.68. The zero-order valence-electron chi connectivity index (χ0n) is 14.0. The predicted molar refractivity (Wildman–Crippen MR) is 85.3 cm³/mol. The van der Waals surface area contributed by atoms with Crippen LogP contribution in [-0.2, 0) is 9.53 Å². The Morgan fingerprint density at radius 3 is 2.48 bits per heavy atom. The van der Waals surface area contributed by atoms with Gasteiger partial charge < -0.3 is 9.64 Å². The molecule has 0 heterocycles. The van der Waals surface area contributed by atoms with Crippen molar-refractivity contribution in [3.05, 3.63) is 0 Å². The number of carbonyl (C=O) groups is 1. The Hall–Kier alpha value is -0.610. The summed E-state index contributed by atoms with van der Waals surface area (Å²) in [5.41, 5.74) is -0.509. The number of methoxy groups -OCH3 is 1. The summed E-state index contributed by atoms with van der Waals surface area (Å²) in [5, 5.41) is 3.49. The summed E-state index contributed by atoms with van der Waals surface area (Å²) in [5.74, 6) is -0.113. The molecule has 0 aliphatic heterocycles. The van der Waals surface area contributed by atoms with E-state index < -0.39 is 5.54 Å². The van der Waals surface area contributed by atoms with Crippen molar-refractivity contribution in [2.24, 2.45) is 0 Å². The molecule has 4 heteroatoms. The van der Waals surface area contributed by atoms with E-state index in [-0.39, 0.29) is 5.97 Å². The minimum absolute atomic E-state index is 0.113. The highest BCUT2D eigenvalue weighted by Gasteiger charge is 2.39. The lowest BCUT2D eigenvalue weighted by Crippen LogP contribution is -2.51. The number of esters is 1. The van der Waals surface area contributed by atoms with Gasteiger partial charge in [-0.2, -0.15) is 0 Å². The second-order valence-corrected chi connectivity index (χ2v) is 6.91. The van der Waals surface area contributed by atoms with Gasteiger partial charge in [0.2, 0.25) is 0 Å². The molecule has 2 fully saturated rings. The SMILES string of the molecule is CCN(CCCC(C)(NC1CC1)C(=O)OC)C1CCCC1. The van der Waals surface area contributed by atoms with Gasteiger partial charge in [0.25, 0.3) is 0 Å². The first-order chi connectivity index (χ1) is 10.1. The number of ether oxygens (including phenoxy) is 1. The molecule has 4 nitrogen and oxygen atoms in total. The Morgan fingerprint density at radius 2 is 1.95 bits per heavy atom. The lowest BCUT2D eigenvalue weighted by Gasteiger charge is -2.31. The molecule has 2 saturated carbocycles. The maximum absolute atomic E-state index is 12.1. The van der Waals surface area contributed by atoms with Gasteiger partial charge in [0.1, 0.15) is 5.54 Å². The van der Waals surface area contributed by atoms with Crippen molar-refractivity contribution < 1.29 is 9.53 Å². The third-order valence-corrected chi connectivity index (χ3v) is 5.11. The first kappa shape index (κ1) is 16.8. The number of hydrogen-bond donors (Lipinski definition) is 1. The molecule has 0 saturated heterocycles. The molecular weight excluding hydrogens is 264 g/mol. The minimum Gasteiger partial charge on any atom is -0.468 e. The van der Waals surface area contributed by atoms with Crippen LogP contribution in [0, 0.1) is 0 Å². The molecular formula is C17H32N2O2. The van der Waals surface area contributed by atoms with Crippen LogP contribution in [0.3, 0.4) is 0 Å². The lowest BCUT2D eigenvalue weighted by atomic mass is 9.95. The normalized spacial score (nSPS) is 22.5. The van der Waals surface area contributed by atoms with Gasteiger partial charge in [0.05, 0.1) is 7.11 Å². The number of nitrogens with one attached hydrogen (secondary N) is 1. The van der Waals surface area contributed by atoms with E-state index >= 15 is 0 Å². The summed E-state index contributed by atoms with van der Waals surface area (Å²) in [4.78, 5) is 14.7. The number of nitrogens with zero attached hydrogens (tertiary/aromatic N) is 1. The quantitative estimate of drug-likeness (QED) is 0.664. The van der Waals surface area contributed by atoms with Gasteiger partial charge in [-0.25, -0.2) is 0 Å². The standard InChI is InChI=1S/C17H32N2O2/c1-4-19(15-8-5-6-9-15)13-7-12-17(2,16(20)21-3)18-14-10-11-14/h14-15,18H,4-13H2,1-3H3. The predicted octanol–water partition coefficient (Wildman–Crippen LogP) is 2.71. The molecule has 1 N–H and O–H groups in total. The van der Waals surface area contributed by atoms with Gasteiger partial charge in [0, 0.05) is 12.1 Å². The number of rotatable bonds is 9. The van der Waals surface area contributed by atoms with Crippen molar-refractivity contribution in [3.63, 3.8) is 0 Å².